The zero-order chi connectivity index (χ0) is 13.8. The maximum atomic E-state index is 13.3. The third-order valence-electron chi connectivity index (χ3n) is 2.73. The van der Waals surface area contributed by atoms with Gasteiger partial charge in [0.1, 0.15) is 11.6 Å². The minimum absolute atomic E-state index is 0.0000397. The predicted molar refractivity (Wildman–Crippen MR) is 73.4 cm³/mol. The molecule has 0 saturated heterocycles. The molecule has 1 aromatic carbocycles. The van der Waals surface area contributed by atoms with E-state index in [1.165, 1.54) is 12.1 Å². The van der Waals surface area contributed by atoms with E-state index in [1.807, 2.05) is 6.92 Å². The monoisotopic (exact) mass is 253 g/mol. The maximum Gasteiger partial charge on any atom is 0.124 e. The van der Waals surface area contributed by atoms with Gasteiger partial charge in [-0.05, 0) is 52.3 Å². The largest absolute Gasteiger partial charge is 0.490 e. The van der Waals surface area contributed by atoms with Crippen LogP contribution in [0.1, 0.15) is 46.6 Å². The summed E-state index contributed by atoms with van der Waals surface area (Å²) in [5, 5.41) is 3.35. The molecule has 0 fully saturated rings. The molecule has 1 N–H and O–H groups in total. The van der Waals surface area contributed by atoms with E-state index in [1.54, 1.807) is 6.07 Å². The van der Waals surface area contributed by atoms with Crippen molar-refractivity contribution in [1.29, 1.82) is 0 Å². The zero-order valence-electron chi connectivity index (χ0n) is 12.0. The summed E-state index contributed by atoms with van der Waals surface area (Å²) in [6.45, 7) is 10.9. The molecule has 1 atom stereocenters. The van der Waals surface area contributed by atoms with Gasteiger partial charge >= 0.3 is 0 Å². The molecule has 18 heavy (non-hydrogen) atoms. The molecular weight excluding hydrogens is 229 g/mol. The summed E-state index contributed by atoms with van der Waals surface area (Å²) in [4.78, 5) is 0. The first-order valence-corrected chi connectivity index (χ1v) is 6.52. The summed E-state index contributed by atoms with van der Waals surface area (Å²) in [6, 6.07) is 4.69. The van der Waals surface area contributed by atoms with Crippen LogP contribution in [0.15, 0.2) is 18.2 Å². The Labute approximate surface area is 110 Å². The summed E-state index contributed by atoms with van der Waals surface area (Å²) in [5.74, 6) is 0.541. The van der Waals surface area contributed by atoms with Crippen LogP contribution < -0.4 is 10.1 Å². The molecule has 0 aliphatic rings. The second-order valence-corrected chi connectivity index (χ2v) is 5.69. The molecule has 1 unspecified atom stereocenters. The number of halogens is 1. The molecular formula is C15H24FNO. The summed E-state index contributed by atoms with van der Waals surface area (Å²) in [5.41, 5.74) is 0.866. The Morgan fingerprint density at radius 2 is 2.00 bits per heavy atom. The molecule has 0 radical (unpaired) electrons. The second kappa shape index (κ2) is 6.19. The van der Waals surface area contributed by atoms with Crippen molar-refractivity contribution >= 4 is 0 Å². The number of rotatable bonds is 5. The molecule has 0 aliphatic carbocycles. The number of benzene rings is 1. The molecule has 102 valence electrons. The van der Waals surface area contributed by atoms with Gasteiger partial charge < -0.3 is 10.1 Å². The van der Waals surface area contributed by atoms with E-state index in [0.29, 0.717) is 6.54 Å². The van der Waals surface area contributed by atoms with Crippen molar-refractivity contribution in [2.75, 3.05) is 0 Å². The van der Waals surface area contributed by atoms with E-state index >= 15 is 0 Å². The first kappa shape index (κ1) is 15.0. The smallest absolute Gasteiger partial charge is 0.124 e. The Kier molecular flexibility index (Phi) is 5.15. The first-order chi connectivity index (χ1) is 8.31. The lowest BCUT2D eigenvalue weighted by Crippen LogP contribution is -2.35. The van der Waals surface area contributed by atoms with Crippen molar-refractivity contribution in [1.82, 2.24) is 5.32 Å². The highest BCUT2D eigenvalue weighted by atomic mass is 19.1. The van der Waals surface area contributed by atoms with Crippen LogP contribution in [-0.2, 0) is 6.54 Å². The van der Waals surface area contributed by atoms with Crippen molar-refractivity contribution in [3.8, 4) is 5.75 Å². The topological polar surface area (TPSA) is 21.3 Å². The van der Waals surface area contributed by atoms with Crippen LogP contribution in [-0.4, -0.2) is 11.6 Å². The molecule has 0 heterocycles. The first-order valence-electron chi connectivity index (χ1n) is 6.52. The van der Waals surface area contributed by atoms with Crippen LogP contribution in [0, 0.1) is 5.82 Å². The molecule has 0 bridgehead atoms. The molecule has 3 heteroatoms. The quantitative estimate of drug-likeness (QED) is 0.859. The number of ether oxygens (including phenoxy) is 1. The zero-order valence-corrected chi connectivity index (χ0v) is 12.0. The van der Waals surface area contributed by atoms with E-state index < -0.39 is 0 Å². The molecule has 0 aliphatic heterocycles. The second-order valence-electron chi connectivity index (χ2n) is 5.69. The van der Waals surface area contributed by atoms with Gasteiger partial charge in [-0.25, -0.2) is 4.39 Å². The van der Waals surface area contributed by atoms with E-state index in [2.05, 4.69) is 33.0 Å². The predicted octanol–water partition coefficient (Wildman–Crippen LogP) is 3.89. The van der Waals surface area contributed by atoms with Crippen molar-refractivity contribution in [3.63, 3.8) is 0 Å². The highest BCUT2D eigenvalue weighted by Gasteiger charge is 2.13. The average molecular weight is 253 g/mol. The van der Waals surface area contributed by atoms with Gasteiger partial charge in [-0.15, -0.1) is 0 Å². The van der Waals surface area contributed by atoms with E-state index in [-0.39, 0.29) is 17.5 Å². The van der Waals surface area contributed by atoms with Gasteiger partial charge in [-0.2, -0.15) is 0 Å². The molecule has 0 amide bonds. The van der Waals surface area contributed by atoms with E-state index in [9.17, 15) is 4.39 Å². The standard InChI is InChI=1S/C15H24FNO/c1-6-11(2)18-14-8-7-13(16)9-12(14)10-17-15(3,4)5/h7-9,11,17H,6,10H2,1-5H3. The average Bonchev–Trinajstić information content (AvgIpc) is 2.28. The van der Waals surface area contributed by atoms with Crippen molar-refractivity contribution < 1.29 is 9.13 Å². The van der Waals surface area contributed by atoms with Gasteiger partial charge in [0, 0.05) is 17.6 Å². The summed E-state index contributed by atoms with van der Waals surface area (Å²) in [6.07, 6.45) is 1.08. The van der Waals surface area contributed by atoms with Crippen LogP contribution in [0.25, 0.3) is 0 Å². The lowest BCUT2D eigenvalue weighted by molar-refractivity contribution is 0.214. The van der Waals surface area contributed by atoms with Crippen LogP contribution in [0.3, 0.4) is 0 Å². The normalized spacial score (nSPS) is 13.4. The van der Waals surface area contributed by atoms with E-state index in [0.717, 1.165) is 17.7 Å². The third-order valence-corrected chi connectivity index (χ3v) is 2.73. The van der Waals surface area contributed by atoms with Crippen LogP contribution in [0.5, 0.6) is 5.75 Å². The minimum atomic E-state index is -0.225. The molecule has 1 rings (SSSR count). The third kappa shape index (κ3) is 5.05. The Morgan fingerprint density at radius 1 is 1.33 bits per heavy atom. The Morgan fingerprint density at radius 3 is 2.56 bits per heavy atom. The fourth-order valence-corrected chi connectivity index (χ4v) is 1.46. The van der Waals surface area contributed by atoms with Crippen LogP contribution >= 0.6 is 0 Å². The fourth-order valence-electron chi connectivity index (χ4n) is 1.46. The Balaban J connectivity index is 2.83. The Bertz CT molecular complexity index is 385. The van der Waals surface area contributed by atoms with Crippen molar-refractivity contribution in [2.24, 2.45) is 0 Å². The van der Waals surface area contributed by atoms with Gasteiger partial charge in [0.2, 0.25) is 0 Å². The van der Waals surface area contributed by atoms with Crippen LogP contribution in [0.4, 0.5) is 4.39 Å². The van der Waals surface area contributed by atoms with Gasteiger partial charge in [0.15, 0.2) is 0 Å². The minimum Gasteiger partial charge on any atom is -0.490 e. The maximum absolute atomic E-state index is 13.3. The number of nitrogens with one attached hydrogen (secondary N) is 1. The van der Waals surface area contributed by atoms with Crippen molar-refractivity contribution in [2.45, 2.75) is 59.2 Å². The van der Waals surface area contributed by atoms with Gasteiger partial charge in [0.05, 0.1) is 6.10 Å². The molecule has 1 aromatic rings. The SMILES string of the molecule is CCC(C)Oc1ccc(F)cc1CNC(C)(C)C. The van der Waals surface area contributed by atoms with Crippen LogP contribution in [0.2, 0.25) is 0 Å². The fraction of sp³-hybridized carbons (Fsp3) is 0.600. The molecule has 0 saturated carbocycles. The highest BCUT2D eigenvalue weighted by molar-refractivity contribution is 5.34. The highest BCUT2D eigenvalue weighted by Crippen LogP contribution is 2.22. The lowest BCUT2D eigenvalue weighted by atomic mass is 10.1. The van der Waals surface area contributed by atoms with Gasteiger partial charge in [0.25, 0.3) is 0 Å². The molecule has 0 spiro atoms. The van der Waals surface area contributed by atoms with Crippen molar-refractivity contribution in [3.05, 3.63) is 29.6 Å². The number of hydrogen-bond acceptors (Lipinski definition) is 2. The summed E-state index contributed by atoms with van der Waals surface area (Å²) < 4.78 is 19.1. The Hall–Kier alpha value is -1.09. The summed E-state index contributed by atoms with van der Waals surface area (Å²) in [7, 11) is 0. The van der Waals surface area contributed by atoms with Gasteiger partial charge in [-0.1, -0.05) is 6.92 Å². The van der Waals surface area contributed by atoms with E-state index in [4.69, 9.17) is 4.74 Å². The summed E-state index contributed by atoms with van der Waals surface area (Å²) >= 11 is 0. The molecule has 2 nitrogen and oxygen atoms in total. The van der Waals surface area contributed by atoms with Gasteiger partial charge in [-0.3, -0.25) is 0 Å². The lowest BCUT2D eigenvalue weighted by Gasteiger charge is -2.22. The number of hydrogen-bond donors (Lipinski definition) is 1. The molecule has 0 aromatic heterocycles.